The molecule has 0 bridgehead atoms. The third-order valence-electron chi connectivity index (χ3n) is 2.59. The first-order valence-electron chi connectivity index (χ1n) is 4.69. The van der Waals surface area contributed by atoms with Gasteiger partial charge in [0.2, 0.25) is 5.28 Å². The Morgan fingerprint density at radius 3 is 3.33 bits per heavy atom. The predicted octanol–water partition coefficient (Wildman–Crippen LogP) is 0.679. The molecule has 2 N–H and O–H groups in total. The van der Waals surface area contributed by atoms with Gasteiger partial charge in [-0.2, -0.15) is 4.98 Å². The van der Waals surface area contributed by atoms with Crippen LogP contribution in [0.25, 0.3) is 11.0 Å². The zero-order chi connectivity index (χ0) is 10.4. The van der Waals surface area contributed by atoms with E-state index in [0.717, 1.165) is 29.8 Å². The molecule has 0 saturated heterocycles. The van der Waals surface area contributed by atoms with E-state index >= 15 is 0 Å². The Morgan fingerprint density at radius 1 is 1.60 bits per heavy atom. The number of hydrogen-bond acceptors (Lipinski definition) is 4. The fraction of sp³-hybridized carbons (Fsp3) is 0.333. The molecule has 0 radical (unpaired) electrons. The van der Waals surface area contributed by atoms with Crippen LogP contribution in [0.1, 0.15) is 11.9 Å². The lowest BCUT2D eigenvalue weighted by molar-refractivity contribution is 0.116. The van der Waals surface area contributed by atoms with Gasteiger partial charge in [-0.1, -0.05) is 0 Å². The fourth-order valence-electron chi connectivity index (χ4n) is 1.92. The van der Waals surface area contributed by atoms with Gasteiger partial charge in [-0.15, -0.1) is 0 Å². The van der Waals surface area contributed by atoms with E-state index in [0.29, 0.717) is 0 Å². The summed E-state index contributed by atoms with van der Waals surface area (Å²) < 4.78 is 1.96. The second-order valence-corrected chi connectivity index (χ2v) is 3.83. The normalized spacial score (nSPS) is 20.5. The molecule has 15 heavy (non-hydrogen) atoms. The minimum atomic E-state index is -0.633. The lowest BCUT2D eigenvalue weighted by atomic mass is 10.3. The van der Waals surface area contributed by atoms with Gasteiger partial charge >= 0.3 is 0 Å². The van der Waals surface area contributed by atoms with Crippen LogP contribution in [-0.4, -0.2) is 26.2 Å². The molecule has 3 rings (SSSR count). The molecule has 1 unspecified atom stereocenters. The Labute approximate surface area is 90.7 Å². The molecule has 1 atom stereocenters. The number of nitrogens with one attached hydrogen (secondary N) is 1. The van der Waals surface area contributed by atoms with Crippen LogP contribution in [0.2, 0.25) is 5.28 Å². The smallest absolute Gasteiger partial charge is 0.224 e. The van der Waals surface area contributed by atoms with E-state index in [1.807, 2.05) is 10.6 Å². The Balaban J connectivity index is 2.31. The largest absolute Gasteiger partial charge is 0.373 e. The number of hydrogen-bond donors (Lipinski definition) is 2. The van der Waals surface area contributed by atoms with Gasteiger partial charge < -0.3 is 9.67 Å². The maximum atomic E-state index is 9.72. The highest BCUT2D eigenvalue weighted by atomic mass is 35.5. The van der Waals surface area contributed by atoms with Crippen molar-refractivity contribution in [3.63, 3.8) is 0 Å². The van der Waals surface area contributed by atoms with E-state index in [1.165, 1.54) is 0 Å². The van der Waals surface area contributed by atoms with E-state index in [1.54, 1.807) is 6.20 Å². The highest BCUT2D eigenvalue weighted by molar-refractivity contribution is 6.28. The average molecular weight is 225 g/mol. The number of aliphatic hydroxyl groups is 1. The summed E-state index contributed by atoms with van der Waals surface area (Å²) in [4.78, 5) is 8.08. The number of aliphatic hydroxyl groups excluding tert-OH is 1. The molecule has 2 aromatic rings. The molecular formula is C9H9ClN4O. The first-order chi connectivity index (χ1) is 7.25. The molecule has 1 aliphatic rings. The van der Waals surface area contributed by atoms with Crippen molar-refractivity contribution < 1.29 is 5.11 Å². The van der Waals surface area contributed by atoms with E-state index in [2.05, 4.69) is 15.3 Å². The molecule has 0 amide bonds. The average Bonchev–Trinajstić information content (AvgIpc) is 2.58. The van der Waals surface area contributed by atoms with Crippen LogP contribution in [0.4, 0.5) is 0 Å². The summed E-state index contributed by atoms with van der Waals surface area (Å²) in [6.07, 6.45) is 1.04. The van der Waals surface area contributed by atoms with Gasteiger partial charge in [0.05, 0.1) is 5.69 Å². The molecule has 2 aromatic heterocycles. The van der Waals surface area contributed by atoms with E-state index in [9.17, 15) is 5.11 Å². The summed E-state index contributed by atoms with van der Waals surface area (Å²) in [6.45, 7) is 1.50. The molecule has 1 aliphatic heterocycles. The van der Waals surface area contributed by atoms with Crippen molar-refractivity contribution in [1.29, 1.82) is 0 Å². The van der Waals surface area contributed by atoms with Gasteiger partial charge in [0, 0.05) is 24.7 Å². The molecule has 0 fully saturated rings. The Morgan fingerprint density at radius 2 is 2.47 bits per heavy atom. The highest BCUT2D eigenvalue weighted by Crippen LogP contribution is 2.24. The highest BCUT2D eigenvalue weighted by Gasteiger charge is 2.20. The summed E-state index contributed by atoms with van der Waals surface area (Å²) in [5.74, 6) is 0. The van der Waals surface area contributed by atoms with Crippen molar-refractivity contribution in [2.45, 2.75) is 12.8 Å². The van der Waals surface area contributed by atoms with Gasteiger partial charge in [-0.25, -0.2) is 4.98 Å². The van der Waals surface area contributed by atoms with Gasteiger partial charge in [-0.3, -0.25) is 5.32 Å². The zero-order valence-corrected chi connectivity index (χ0v) is 8.57. The van der Waals surface area contributed by atoms with Gasteiger partial charge in [0.25, 0.3) is 0 Å². The van der Waals surface area contributed by atoms with Crippen LogP contribution in [0.3, 0.4) is 0 Å². The maximum Gasteiger partial charge on any atom is 0.224 e. The first-order valence-corrected chi connectivity index (χ1v) is 5.06. The fourth-order valence-corrected chi connectivity index (χ4v) is 2.05. The Bertz CT molecular complexity index is 524. The van der Waals surface area contributed by atoms with Crippen molar-refractivity contribution in [2.24, 2.45) is 0 Å². The number of halogens is 1. The predicted molar refractivity (Wildman–Crippen MR) is 55.5 cm³/mol. The van der Waals surface area contributed by atoms with E-state index in [4.69, 9.17) is 11.6 Å². The minimum absolute atomic E-state index is 0.233. The third-order valence-corrected chi connectivity index (χ3v) is 2.77. The monoisotopic (exact) mass is 224 g/mol. The van der Waals surface area contributed by atoms with Crippen molar-refractivity contribution >= 4 is 22.6 Å². The molecule has 5 nitrogen and oxygen atoms in total. The summed E-state index contributed by atoms with van der Waals surface area (Å²) in [5.41, 5.74) is 1.60. The lowest BCUT2D eigenvalue weighted by Crippen LogP contribution is -2.32. The van der Waals surface area contributed by atoms with Crippen molar-refractivity contribution in [1.82, 2.24) is 19.9 Å². The van der Waals surface area contributed by atoms with E-state index < -0.39 is 6.23 Å². The second-order valence-electron chi connectivity index (χ2n) is 3.50. The molecule has 0 aliphatic carbocycles. The molecule has 0 saturated carbocycles. The summed E-state index contributed by atoms with van der Waals surface area (Å²) in [7, 11) is 0. The SMILES string of the molecule is OC1NCCn2c1cc1cnc(Cl)nc12. The van der Waals surface area contributed by atoms with Crippen LogP contribution >= 0.6 is 11.6 Å². The minimum Gasteiger partial charge on any atom is -0.373 e. The van der Waals surface area contributed by atoms with Gasteiger partial charge in [-0.05, 0) is 17.7 Å². The van der Waals surface area contributed by atoms with Crippen LogP contribution < -0.4 is 5.32 Å². The summed E-state index contributed by atoms with van der Waals surface area (Å²) >= 11 is 5.74. The number of rotatable bonds is 0. The number of nitrogens with zero attached hydrogens (tertiary/aromatic N) is 3. The summed E-state index contributed by atoms with van der Waals surface area (Å²) in [5, 5.41) is 13.8. The van der Waals surface area contributed by atoms with Gasteiger partial charge in [0.15, 0.2) is 0 Å². The molecule has 78 valence electrons. The van der Waals surface area contributed by atoms with Crippen LogP contribution in [0.15, 0.2) is 12.3 Å². The van der Waals surface area contributed by atoms with Gasteiger partial charge in [0.1, 0.15) is 11.9 Å². The third kappa shape index (κ3) is 1.31. The molecule has 0 aromatic carbocycles. The molecular weight excluding hydrogens is 216 g/mol. The first kappa shape index (κ1) is 9.08. The maximum absolute atomic E-state index is 9.72. The number of aromatic nitrogens is 3. The molecule has 6 heteroatoms. The summed E-state index contributed by atoms with van der Waals surface area (Å²) in [6, 6.07) is 1.88. The standard InChI is InChI=1S/C9H9ClN4O/c10-9-12-4-5-3-6-8(15)11-1-2-14(6)7(5)13-9/h3-4,8,11,15H,1-2H2. The van der Waals surface area contributed by atoms with Crippen molar-refractivity contribution in [2.75, 3.05) is 6.54 Å². The van der Waals surface area contributed by atoms with Crippen LogP contribution in [0.5, 0.6) is 0 Å². The second kappa shape index (κ2) is 3.16. The van der Waals surface area contributed by atoms with Crippen molar-refractivity contribution in [3.05, 3.63) is 23.2 Å². The van der Waals surface area contributed by atoms with Crippen molar-refractivity contribution in [3.8, 4) is 0 Å². The number of fused-ring (bicyclic) bond motifs is 3. The molecule has 0 spiro atoms. The Hall–Kier alpha value is -1.17. The van der Waals surface area contributed by atoms with E-state index in [-0.39, 0.29) is 5.28 Å². The van der Waals surface area contributed by atoms with Crippen LogP contribution in [-0.2, 0) is 6.54 Å². The lowest BCUT2D eigenvalue weighted by Gasteiger charge is -2.21. The molecule has 3 heterocycles. The topological polar surface area (TPSA) is 63.0 Å². The Kier molecular flexibility index (Phi) is 1.92. The zero-order valence-electron chi connectivity index (χ0n) is 7.81. The quantitative estimate of drug-likeness (QED) is 0.646. The van der Waals surface area contributed by atoms with Crippen LogP contribution in [0, 0.1) is 0 Å².